The normalized spacial score (nSPS) is 15.3. The van der Waals surface area contributed by atoms with Crippen molar-refractivity contribution in [2.24, 2.45) is 5.92 Å². The minimum atomic E-state index is -0.723. The standard InChI is InChI=1S/C20H17Cl2N3O2/c21-15-5-4-13(10-16(15)22)14-2-1-3-17-18(14)19(24-11-23-17)25-8-6-12(7-9-25)20(26)27/h1-5,10-12H,6-9H2,(H,26,27). The van der Waals surface area contributed by atoms with Gasteiger partial charge in [-0.2, -0.15) is 0 Å². The van der Waals surface area contributed by atoms with Gasteiger partial charge in [-0.3, -0.25) is 4.79 Å². The Labute approximate surface area is 166 Å². The summed E-state index contributed by atoms with van der Waals surface area (Å²) in [6.45, 7) is 1.30. The lowest BCUT2D eigenvalue weighted by atomic mass is 9.96. The molecule has 3 aromatic rings. The molecule has 7 heteroatoms. The molecule has 4 rings (SSSR count). The summed E-state index contributed by atoms with van der Waals surface area (Å²) in [7, 11) is 0. The fourth-order valence-electron chi connectivity index (χ4n) is 3.58. The van der Waals surface area contributed by atoms with Crippen LogP contribution in [-0.4, -0.2) is 34.1 Å². The lowest BCUT2D eigenvalue weighted by Crippen LogP contribution is -2.37. The fraction of sp³-hybridized carbons (Fsp3) is 0.250. The number of halogens is 2. The highest BCUT2D eigenvalue weighted by atomic mass is 35.5. The Morgan fingerprint density at radius 1 is 1.07 bits per heavy atom. The van der Waals surface area contributed by atoms with E-state index in [-0.39, 0.29) is 5.92 Å². The van der Waals surface area contributed by atoms with Crippen molar-refractivity contribution < 1.29 is 9.90 Å². The molecule has 1 fully saturated rings. The summed E-state index contributed by atoms with van der Waals surface area (Å²) in [5.41, 5.74) is 2.75. The zero-order valence-electron chi connectivity index (χ0n) is 14.4. The first-order chi connectivity index (χ1) is 13.0. The van der Waals surface area contributed by atoms with Gasteiger partial charge in [-0.05, 0) is 42.2 Å². The molecule has 0 spiro atoms. The number of nitrogens with zero attached hydrogens (tertiary/aromatic N) is 3. The van der Waals surface area contributed by atoms with Gasteiger partial charge >= 0.3 is 5.97 Å². The van der Waals surface area contributed by atoms with Gasteiger partial charge in [0.1, 0.15) is 12.1 Å². The van der Waals surface area contributed by atoms with Crippen molar-refractivity contribution >= 4 is 45.9 Å². The number of fused-ring (bicyclic) bond motifs is 1. The van der Waals surface area contributed by atoms with E-state index in [1.807, 2.05) is 30.3 Å². The average molecular weight is 402 g/mol. The number of rotatable bonds is 3. The van der Waals surface area contributed by atoms with Crippen LogP contribution in [0.5, 0.6) is 0 Å². The lowest BCUT2D eigenvalue weighted by Gasteiger charge is -2.32. The number of aliphatic carboxylic acids is 1. The van der Waals surface area contributed by atoms with Gasteiger partial charge in [0.15, 0.2) is 0 Å². The minimum Gasteiger partial charge on any atom is -0.481 e. The molecule has 0 atom stereocenters. The van der Waals surface area contributed by atoms with Crippen molar-refractivity contribution in [1.29, 1.82) is 0 Å². The van der Waals surface area contributed by atoms with E-state index in [4.69, 9.17) is 23.2 Å². The van der Waals surface area contributed by atoms with Gasteiger partial charge in [0, 0.05) is 13.1 Å². The molecular formula is C20H17Cl2N3O2. The molecule has 2 heterocycles. The molecule has 1 aromatic heterocycles. The van der Waals surface area contributed by atoms with E-state index in [1.165, 1.54) is 0 Å². The van der Waals surface area contributed by atoms with E-state index in [2.05, 4.69) is 14.9 Å². The molecule has 138 valence electrons. The maximum atomic E-state index is 11.2. The highest BCUT2D eigenvalue weighted by Gasteiger charge is 2.26. The largest absolute Gasteiger partial charge is 0.481 e. The molecule has 5 nitrogen and oxygen atoms in total. The summed E-state index contributed by atoms with van der Waals surface area (Å²) in [6.07, 6.45) is 2.77. The highest BCUT2D eigenvalue weighted by molar-refractivity contribution is 6.42. The van der Waals surface area contributed by atoms with E-state index < -0.39 is 5.97 Å². The quantitative estimate of drug-likeness (QED) is 0.675. The Kier molecular flexibility index (Phi) is 4.89. The van der Waals surface area contributed by atoms with E-state index in [0.29, 0.717) is 36.0 Å². The van der Waals surface area contributed by atoms with Crippen LogP contribution < -0.4 is 4.90 Å². The van der Waals surface area contributed by atoms with Gasteiger partial charge in [-0.15, -0.1) is 0 Å². The van der Waals surface area contributed by atoms with Crippen LogP contribution in [0.1, 0.15) is 12.8 Å². The lowest BCUT2D eigenvalue weighted by molar-refractivity contribution is -0.142. The Morgan fingerprint density at radius 3 is 2.56 bits per heavy atom. The van der Waals surface area contributed by atoms with Crippen LogP contribution in [0.3, 0.4) is 0 Å². The van der Waals surface area contributed by atoms with Crippen molar-refractivity contribution in [2.45, 2.75) is 12.8 Å². The third-order valence-electron chi connectivity index (χ3n) is 5.02. The molecule has 0 radical (unpaired) electrons. The molecule has 1 aliphatic rings. The molecule has 0 amide bonds. The molecule has 0 saturated carbocycles. The third kappa shape index (κ3) is 3.45. The topological polar surface area (TPSA) is 66.3 Å². The van der Waals surface area contributed by atoms with Gasteiger partial charge in [0.2, 0.25) is 0 Å². The van der Waals surface area contributed by atoms with Gasteiger partial charge in [0.25, 0.3) is 0 Å². The SMILES string of the molecule is O=C(O)C1CCN(c2ncnc3cccc(-c4ccc(Cl)c(Cl)c4)c23)CC1. The Morgan fingerprint density at radius 2 is 1.85 bits per heavy atom. The third-order valence-corrected chi connectivity index (χ3v) is 5.76. The van der Waals surface area contributed by atoms with Gasteiger partial charge in [-0.25, -0.2) is 9.97 Å². The van der Waals surface area contributed by atoms with Crippen LogP contribution in [0.25, 0.3) is 22.0 Å². The molecular weight excluding hydrogens is 385 g/mol. The second kappa shape index (κ2) is 7.33. The summed E-state index contributed by atoms with van der Waals surface area (Å²) in [5, 5.41) is 11.2. The first kappa shape index (κ1) is 18.0. The zero-order chi connectivity index (χ0) is 19.0. The first-order valence-electron chi connectivity index (χ1n) is 8.71. The van der Waals surface area contributed by atoms with E-state index >= 15 is 0 Å². The highest BCUT2D eigenvalue weighted by Crippen LogP contribution is 2.37. The summed E-state index contributed by atoms with van der Waals surface area (Å²) in [6, 6.07) is 11.5. The Balaban J connectivity index is 1.80. The number of piperidine rings is 1. The van der Waals surface area contributed by atoms with Gasteiger partial charge in [-0.1, -0.05) is 41.4 Å². The number of aromatic nitrogens is 2. The van der Waals surface area contributed by atoms with Crippen LogP contribution in [0, 0.1) is 5.92 Å². The fourth-order valence-corrected chi connectivity index (χ4v) is 3.87. The van der Waals surface area contributed by atoms with Crippen molar-refractivity contribution in [3.05, 3.63) is 52.8 Å². The molecule has 0 bridgehead atoms. The molecule has 1 aliphatic heterocycles. The summed E-state index contributed by atoms with van der Waals surface area (Å²) >= 11 is 12.3. The van der Waals surface area contributed by atoms with Crippen LogP contribution in [0.2, 0.25) is 10.0 Å². The Bertz CT molecular complexity index is 1010. The van der Waals surface area contributed by atoms with Crippen LogP contribution in [0.15, 0.2) is 42.7 Å². The molecule has 2 aromatic carbocycles. The summed E-state index contributed by atoms with van der Waals surface area (Å²) < 4.78 is 0. The van der Waals surface area contributed by atoms with Crippen molar-refractivity contribution in [2.75, 3.05) is 18.0 Å². The number of carboxylic acids is 1. The van der Waals surface area contributed by atoms with Crippen molar-refractivity contribution in [1.82, 2.24) is 9.97 Å². The molecule has 1 N–H and O–H groups in total. The predicted molar refractivity (Wildman–Crippen MR) is 108 cm³/mol. The molecule has 1 saturated heterocycles. The smallest absolute Gasteiger partial charge is 0.306 e. The van der Waals surface area contributed by atoms with E-state index in [0.717, 1.165) is 27.8 Å². The van der Waals surface area contributed by atoms with E-state index in [9.17, 15) is 9.90 Å². The Hall–Kier alpha value is -2.37. The number of benzene rings is 2. The zero-order valence-corrected chi connectivity index (χ0v) is 15.9. The average Bonchev–Trinajstić information content (AvgIpc) is 2.69. The second-order valence-electron chi connectivity index (χ2n) is 6.63. The van der Waals surface area contributed by atoms with Gasteiger partial charge < -0.3 is 10.0 Å². The predicted octanol–water partition coefficient (Wildman–Crippen LogP) is 4.90. The summed E-state index contributed by atoms with van der Waals surface area (Å²) in [5.74, 6) is -0.187. The number of anilines is 1. The van der Waals surface area contributed by atoms with E-state index in [1.54, 1.807) is 12.4 Å². The van der Waals surface area contributed by atoms with Crippen LogP contribution in [-0.2, 0) is 4.79 Å². The summed E-state index contributed by atoms with van der Waals surface area (Å²) in [4.78, 5) is 22.3. The number of hydrogen-bond acceptors (Lipinski definition) is 4. The molecule has 0 aliphatic carbocycles. The van der Waals surface area contributed by atoms with Gasteiger partial charge in [0.05, 0.1) is 26.9 Å². The first-order valence-corrected chi connectivity index (χ1v) is 9.47. The number of carbonyl (C=O) groups is 1. The molecule has 27 heavy (non-hydrogen) atoms. The maximum Gasteiger partial charge on any atom is 0.306 e. The second-order valence-corrected chi connectivity index (χ2v) is 7.44. The molecule has 0 unspecified atom stereocenters. The maximum absolute atomic E-state index is 11.2. The van der Waals surface area contributed by atoms with Crippen molar-refractivity contribution in [3.63, 3.8) is 0 Å². The number of hydrogen-bond donors (Lipinski definition) is 1. The number of carboxylic acid groups (broad SMARTS) is 1. The van der Waals surface area contributed by atoms with Crippen LogP contribution in [0.4, 0.5) is 5.82 Å². The monoisotopic (exact) mass is 401 g/mol. The van der Waals surface area contributed by atoms with Crippen LogP contribution >= 0.6 is 23.2 Å². The van der Waals surface area contributed by atoms with Crippen molar-refractivity contribution in [3.8, 4) is 11.1 Å². The minimum absolute atomic E-state index is 0.288.